The van der Waals surface area contributed by atoms with Gasteiger partial charge < -0.3 is 15.0 Å². The van der Waals surface area contributed by atoms with Crippen LogP contribution in [0.3, 0.4) is 0 Å². The number of carbonyl (C=O) groups is 3. The van der Waals surface area contributed by atoms with Crippen LogP contribution in [0.15, 0.2) is 18.2 Å². The Kier molecular flexibility index (Phi) is 6.20. The van der Waals surface area contributed by atoms with Gasteiger partial charge in [0.25, 0.3) is 17.7 Å². The number of ether oxygens (including phenoxy) is 1. The molecule has 4 rings (SSSR count). The van der Waals surface area contributed by atoms with Crippen molar-refractivity contribution in [1.29, 1.82) is 0 Å². The molecule has 3 atom stereocenters. The van der Waals surface area contributed by atoms with Gasteiger partial charge in [-0.15, -0.1) is 0 Å². The van der Waals surface area contributed by atoms with Crippen LogP contribution in [0.2, 0.25) is 0 Å². The molecule has 3 aliphatic heterocycles. The van der Waals surface area contributed by atoms with Crippen LogP contribution in [0.5, 0.6) is 0 Å². The summed E-state index contributed by atoms with van der Waals surface area (Å²) in [5.74, 6) is 0.514. The second-order valence-electron chi connectivity index (χ2n) is 9.08. The van der Waals surface area contributed by atoms with Gasteiger partial charge in [-0.2, -0.15) is 0 Å². The maximum Gasteiger partial charge on any atom is 0.261 e. The van der Waals surface area contributed by atoms with Crippen molar-refractivity contribution in [2.75, 3.05) is 39.3 Å². The molecule has 3 amide bonds. The summed E-state index contributed by atoms with van der Waals surface area (Å²) in [6.07, 6.45) is 2.98. The molecule has 1 aromatic carbocycles. The Hall–Kier alpha value is -2.25. The van der Waals surface area contributed by atoms with E-state index in [1.54, 1.807) is 18.2 Å². The predicted molar refractivity (Wildman–Crippen MR) is 113 cm³/mol. The monoisotopic (exact) mass is 413 g/mol. The molecule has 3 heterocycles. The number of nitrogens with one attached hydrogen (secondary N) is 1. The highest BCUT2D eigenvalue weighted by Crippen LogP contribution is 2.26. The highest BCUT2D eigenvalue weighted by molar-refractivity contribution is 6.22. The summed E-state index contributed by atoms with van der Waals surface area (Å²) in [7, 11) is 0. The van der Waals surface area contributed by atoms with E-state index >= 15 is 0 Å². The van der Waals surface area contributed by atoms with Gasteiger partial charge in [0.1, 0.15) is 0 Å². The zero-order valence-corrected chi connectivity index (χ0v) is 17.9. The molecule has 0 bridgehead atoms. The Labute approximate surface area is 177 Å². The van der Waals surface area contributed by atoms with Gasteiger partial charge in [0, 0.05) is 38.3 Å². The Morgan fingerprint density at radius 3 is 2.57 bits per heavy atom. The van der Waals surface area contributed by atoms with Crippen LogP contribution in [0.1, 0.15) is 64.2 Å². The Morgan fingerprint density at radius 1 is 1.13 bits per heavy atom. The lowest BCUT2D eigenvalue weighted by molar-refractivity contribution is 0.0475. The lowest BCUT2D eigenvalue weighted by Gasteiger charge is -2.34. The molecule has 0 radical (unpaired) electrons. The number of likely N-dealkylation sites (tertiary alicyclic amines) is 1. The summed E-state index contributed by atoms with van der Waals surface area (Å²) in [6.45, 7) is 9.00. The van der Waals surface area contributed by atoms with Crippen molar-refractivity contribution < 1.29 is 19.1 Å². The third-order valence-corrected chi connectivity index (χ3v) is 6.30. The third kappa shape index (κ3) is 4.42. The van der Waals surface area contributed by atoms with Crippen molar-refractivity contribution in [3.63, 3.8) is 0 Å². The van der Waals surface area contributed by atoms with E-state index in [-0.39, 0.29) is 30.4 Å². The van der Waals surface area contributed by atoms with Gasteiger partial charge in [-0.05, 0) is 49.3 Å². The predicted octanol–water partition coefficient (Wildman–Crippen LogP) is 2.17. The van der Waals surface area contributed by atoms with Crippen molar-refractivity contribution in [2.45, 2.75) is 39.2 Å². The second kappa shape index (κ2) is 8.86. The van der Waals surface area contributed by atoms with Crippen LogP contribution >= 0.6 is 0 Å². The average Bonchev–Trinajstić information content (AvgIpc) is 3.30. The number of imide groups is 1. The number of fused-ring (bicyclic) bond motifs is 1. The molecule has 2 saturated heterocycles. The molecule has 1 aromatic rings. The minimum Gasteiger partial charge on any atom is -0.376 e. The standard InChI is InChI=1S/C23H31N3O4/c1-15-10-16(2)13-25(12-15)8-7-24-21(27)17-5-6-19-20(11-17)23(29)26(22(19)28)14-18-4-3-9-30-18/h5-6,11,15-16,18H,3-4,7-10,12-14H2,1-2H3,(H,24,27). The summed E-state index contributed by atoms with van der Waals surface area (Å²) in [6, 6.07) is 4.76. The highest BCUT2D eigenvalue weighted by atomic mass is 16.5. The fourth-order valence-electron chi connectivity index (χ4n) is 4.99. The Morgan fingerprint density at radius 2 is 1.87 bits per heavy atom. The molecule has 162 valence electrons. The van der Waals surface area contributed by atoms with Crippen LogP contribution in [0.25, 0.3) is 0 Å². The van der Waals surface area contributed by atoms with Crippen molar-refractivity contribution in [3.05, 3.63) is 34.9 Å². The average molecular weight is 414 g/mol. The zero-order chi connectivity index (χ0) is 21.3. The van der Waals surface area contributed by atoms with Crippen LogP contribution in [0.4, 0.5) is 0 Å². The Balaban J connectivity index is 1.35. The van der Waals surface area contributed by atoms with E-state index in [0.29, 0.717) is 41.7 Å². The van der Waals surface area contributed by atoms with Gasteiger partial charge in [-0.3, -0.25) is 19.3 Å². The normalized spacial score (nSPS) is 26.9. The molecule has 7 nitrogen and oxygen atoms in total. The van der Waals surface area contributed by atoms with E-state index in [1.807, 2.05) is 0 Å². The lowest BCUT2D eigenvalue weighted by atomic mass is 9.92. The summed E-state index contributed by atoms with van der Waals surface area (Å²) in [4.78, 5) is 41.6. The summed E-state index contributed by atoms with van der Waals surface area (Å²) in [5, 5.41) is 2.95. The topological polar surface area (TPSA) is 79.0 Å². The molecule has 0 saturated carbocycles. The SMILES string of the molecule is CC1CC(C)CN(CCNC(=O)c2ccc3c(c2)C(=O)N(CC2CCCO2)C3=O)C1. The van der Waals surface area contributed by atoms with E-state index in [0.717, 1.165) is 32.5 Å². The molecule has 2 fully saturated rings. The van der Waals surface area contributed by atoms with Crippen LogP contribution in [-0.2, 0) is 4.74 Å². The Bertz CT molecular complexity index is 824. The van der Waals surface area contributed by atoms with Crippen LogP contribution in [0, 0.1) is 11.8 Å². The summed E-state index contributed by atoms with van der Waals surface area (Å²) in [5.41, 5.74) is 1.09. The van der Waals surface area contributed by atoms with E-state index in [9.17, 15) is 14.4 Å². The fourth-order valence-corrected chi connectivity index (χ4v) is 4.99. The maximum absolute atomic E-state index is 12.8. The first kappa shape index (κ1) is 21.0. The van der Waals surface area contributed by atoms with Gasteiger partial charge in [0.2, 0.25) is 0 Å². The van der Waals surface area contributed by atoms with Crippen molar-refractivity contribution in [2.24, 2.45) is 11.8 Å². The summed E-state index contributed by atoms with van der Waals surface area (Å²) >= 11 is 0. The van der Waals surface area contributed by atoms with E-state index < -0.39 is 0 Å². The molecule has 0 spiro atoms. The summed E-state index contributed by atoms with van der Waals surface area (Å²) < 4.78 is 5.57. The van der Waals surface area contributed by atoms with Gasteiger partial charge in [-0.1, -0.05) is 13.8 Å². The third-order valence-electron chi connectivity index (χ3n) is 6.30. The second-order valence-corrected chi connectivity index (χ2v) is 9.08. The van der Waals surface area contributed by atoms with Crippen molar-refractivity contribution in [1.82, 2.24) is 15.1 Å². The molecule has 3 aliphatic rings. The molecule has 0 aromatic heterocycles. The number of carbonyl (C=O) groups excluding carboxylic acids is 3. The van der Waals surface area contributed by atoms with E-state index in [1.165, 1.54) is 11.3 Å². The quantitative estimate of drug-likeness (QED) is 0.723. The smallest absolute Gasteiger partial charge is 0.261 e. The minimum absolute atomic E-state index is 0.0878. The molecule has 3 unspecified atom stereocenters. The van der Waals surface area contributed by atoms with Gasteiger partial charge >= 0.3 is 0 Å². The first-order valence-corrected chi connectivity index (χ1v) is 11.0. The first-order chi connectivity index (χ1) is 14.4. The largest absolute Gasteiger partial charge is 0.376 e. The maximum atomic E-state index is 12.8. The van der Waals surface area contributed by atoms with Crippen LogP contribution in [-0.4, -0.2) is 73.0 Å². The molecule has 30 heavy (non-hydrogen) atoms. The van der Waals surface area contributed by atoms with Gasteiger partial charge in [0.05, 0.1) is 23.8 Å². The van der Waals surface area contributed by atoms with Crippen molar-refractivity contribution in [3.8, 4) is 0 Å². The van der Waals surface area contributed by atoms with Crippen LogP contribution < -0.4 is 5.32 Å². The number of rotatable bonds is 6. The van der Waals surface area contributed by atoms with Crippen molar-refractivity contribution >= 4 is 17.7 Å². The number of piperidine rings is 1. The molecule has 1 N–H and O–H groups in total. The fraction of sp³-hybridized carbons (Fsp3) is 0.609. The molecular formula is C23H31N3O4. The van der Waals surface area contributed by atoms with Gasteiger partial charge in [0.15, 0.2) is 0 Å². The van der Waals surface area contributed by atoms with E-state index in [4.69, 9.17) is 4.74 Å². The number of hydrogen-bond donors (Lipinski definition) is 1. The van der Waals surface area contributed by atoms with E-state index in [2.05, 4.69) is 24.1 Å². The number of hydrogen-bond acceptors (Lipinski definition) is 5. The molecular weight excluding hydrogens is 382 g/mol. The lowest BCUT2D eigenvalue weighted by Crippen LogP contribution is -2.42. The zero-order valence-electron chi connectivity index (χ0n) is 17.9. The number of amides is 3. The van der Waals surface area contributed by atoms with Gasteiger partial charge in [-0.25, -0.2) is 0 Å². The first-order valence-electron chi connectivity index (χ1n) is 11.0. The molecule has 0 aliphatic carbocycles. The number of nitrogens with zero attached hydrogens (tertiary/aromatic N) is 2. The molecule has 7 heteroatoms. The minimum atomic E-state index is -0.337. The number of benzene rings is 1. The highest BCUT2D eigenvalue weighted by Gasteiger charge is 2.38.